The summed E-state index contributed by atoms with van der Waals surface area (Å²) in [7, 11) is 0. The molecule has 0 aliphatic carbocycles. The van der Waals surface area contributed by atoms with Gasteiger partial charge in [0.05, 0.1) is 13.2 Å². The summed E-state index contributed by atoms with van der Waals surface area (Å²) in [5.74, 6) is -0.463. The van der Waals surface area contributed by atoms with Crippen LogP contribution >= 0.6 is 0 Å². The van der Waals surface area contributed by atoms with E-state index in [1.807, 2.05) is 18.7 Å². The summed E-state index contributed by atoms with van der Waals surface area (Å²) < 4.78 is 10.1. The molecule has 1 rings (SSSR count). The number of esters is 2. The summed E-state index contributed by atoms with van der Waals surface area (Å²) in [6, 6.07) is -0.565. The number of hydrogen-bond acceptors (Lipinski definition) is 5. The zero-order valence-corrected chi connectivity index (χ0v) is 11.5. The van der Waals surface area contributed by atoms with Crippen molar-refractivity contribution in [3.8, 4) is 0 Å². The summed E-state index contributed by atoms with van der Waals surface area (Å²) in [6.45, 7) is 7.18. The molecule has 5 heteroatoms. The lowest BCUT2D eigenvalue weighted by Gasteiger charge is -2.15. The fourth-order valence-corrected chi connectivity index (χ4v) is 1.90. The Hall–Kier alpha value is -1.10. The molecule has 3 atom stereocenters. The first-order valence-electron chi connectivity index (χ1n) is 6.74. The molecule has 0 aromatic carbocycles. The van der Waals surface area contributed by atoms with Gasteiger partial charge in [0, 0.05) is 6.54 Å². The van der Waals surface area contributed by atoms with Gasteiger partial charge in [-0.05, 0) is 19.8 Å². The Balaban J connectivity index is 2.36. The van der Waals surface area contributed by atoms with E-state index in [4.69, 9.17) is 9.47 Å². The van der Waals surface area contributed by atoms with Gasteiger partial charge in [-0.2, -0.15) is 0 Å². The van der Waals surface area contributed by atoms with Gasteiger partial charge >= 0.3 is 11.9 Å². The van der Waals surface area contributed by atoms with E-state index in [0.29, 0.717) is 26.2 Å². The smallest absolute Gasteiger partial charge is 0.324 e. The van der Waals surface area contributed by atoms with Crippen LogP contribution in [0.3, 0.4) is 0 Å². The normalized spacial score (nSPS) is 23.3. The largest absolute Gasteiger partial charge is 0.465 e. The minimum Gasteiger partial charge on any atom is -0.465 e. The summed E-state index contributed by atoms with van der Waals surface area (Å²) in [5.41, 5.74) is 0. The average Bonchev–Trinajstić information content (AvgIpc) is 3.11. The second kappa shape index (κ2) is 7.36. The third-order valence-corrected chi connectivity index (χ3v) is 3.01. The van der Waals surface area contributed by atoms with E-state index in [0.717, 1.165) is 12.8 Å². The third-order valence-electron chi connectivity index (χ3n) is 3.01. The van der Waals surface area contributed by atoms with Crippen LogP contribution in [0.1, 0.15) is 40.0 Å². The van der Waals surface area contributed by atoms with Gasteiger partial charge in [0.15, 0.2) is 0 Å². The molecule has 3 unspecified atom stereocenters. The van der Waals surface area contributed by atoms with Crippen molar-refractivity contribution in [2.75, 3.05) is 19.8 Å². The van der Waals surface area contributed by atoms with Crippen LogP contribution in [0.2, 0.25) is 0 Å². The lowest BCUT2D eigenvalue weighted by Crippen LogP contribution is -2.33. The summed E-state index contributed by atoms with van der Waals surface area (Å²) in [6.07, 6.45) is 2.53. The molecule has 1 aliphatic rings. The van der Waals surface area contributed by atoms with Crippen molar-refractivity contribution in [3.05, 3.63) is 0 Å². The number of rotatable bonds is 8. The molecule has 0 aromatic rings. The molecular weight excluding hydrogens is 234 g/mol. The first-order chi connectivity index (χ1) is 8.65. The second-order valence-electron chi connectivity index (χ2n) is 4.41. The fraction of sp³-hybridized carbons (Fsp3) is 0.846. The SMILES string of the molecule is CCCCOC(=O)C1CN1C(CC)C(=O)OCC. The van der Waals surface area contributed by atoms with Gasteiger partial charge in [0.2, 0.25) is 0 Å². The maximum absolute atomic E-state index is 11.7. The van der Waals surface area contributed by atoms with Gasteiger partial charge in [-0.25, -0.2) is 0 Å². The van der Waals surface area contributed by atoms with Crippen molar-refractivity contribution in [1.82, 2.24) is 4.90 Å². The summed E-state index contributed by atoms with van der Waals surface area (Å²) in [4.78, 5) is 25.2. The minimum atomic E-state index is -0.311. The van der Waals surface area contributed by atoms with Crippen molar-refractivity contribution >= 4 is 11.9 Å². The van der Waals surface area contributed by atoms with Crippen molar-refractivity contribution in [2.45, 2.75) is 52.1 Å². The zero-order valence-electron chi connectivity index (χ0n) is 11.5. The Morgan fingerprint density at radius 1 is 1.28 bits per heavy atom. The Labute approximate surface area is 108 Å². The van der Waals surface area contributed by atoms with E-state index in [1.54, 1.807) is 6.92 Å². The quantitative estimate of drug-likeness (QED) is 0.373. The molecule has 0 N–H and O–H groups in total. The van der Waals surface area contributed by atoms with Crippen LogP contribution in [0, 0.1) is 0 Å². The van der Waals surface area contributed by atoms with E-state index < -0.39 is 0 Å². The Morgan fingerprint density at radius 2 is 2.00 bits per heavy atom. The monoisotopic (exact) mass is 257 g/mol. The minimum absolute atomic E-state index is 0.216. The fourth-order valence-electron chi connectivity index (χ4n) is 1.90. The average molecular weight is 257 g/mol. The van der Waals surface area contributed by atoms with Crippen molar-refractivity contribution in [1.29, 1.82) is 0 Å². The predicted octanol–water partition coefficient (Wildman–Crippen LogP) is 1.36. The highest BCUT2D eigenvalue weighted by Gasteiger charge is 2.48. The molecule has 0 amide bonds. The van der Waals surface area contributed by atoms with E-state index >= 15 is 0 Å². The van der Waals surface area contributed by atoms with Gasteiger partial charge in [-0.1, -0.05) is 20.3 Å². The summed E-state index contributed by atoms with van der Waals surface area (Å²) >= 11 is 0. The van der Waals surface area contributed by atoms with Gasteiger partial charge in [0.25, 0.3) is 0 Å². The van der Waals surface area contributed by atoms with Crippen LogP contribution in [0.5, 0.6) is 0 Å². The van der Waals surface area contributed by atoms with E-state index in [9.17, 15) is 9.59 Å². The van der Waals surface area contributed by atoms with Gasteiger partial charge in [-0.15, -0.1) is 0 Å². The highest BCUT2D eigenvalue weighted by Crippen LogP contribution is 2.25. The molecule has 1 heterocycles. The molecule has 1 saturated heterocycles. The van der Waals surface area contributed by atoms with Crippen molar-refractivity contribution in [2.24, 2.45) is 0 Å². The van der Waals surface area contributed by atoms with Crippen LogP contribution in [0.4, 0.5) is 0 Å². The summed E-state index contributed by atoms with van der Waals surface area (Å²) in [5, 5.41) is 0. The maximum Gasteiger partial charge on any atom is 0.324 e. The molecule has 5 nitrogen and oxygen atoms in total. The number of unbranched alkanes of at least 4 members (excludes halogenated alkanes) is 1. The lowest BCUT2D eigenvalue weighted by molar-refractivity contribution is -0.149. The Bertz CT molecular complexity index is 293. The van der Waals surface area contributed by atoms with Crippen LogP contribution < -0.4 is 0 Å². The van der Waals surface area contributed by atoms with Gasteiger partial charge < -0.3 is 9.47 Å². The highest BCUT2D eigenvalue weighted by molar-refractivity contribution is 5.83. The molecule has 0 spiro atoms. The Morgan fingerprint density at radius 3 is 2.56 bits per heavy atom. The number of carbonyl (C=O) groups is 2. The number of hydrogen-bond donors (Lipinski definition) is 0. The molecule has 18 heavy (non-hydrogen) atoms. The molecule has 0 saturated carbocycles. The third kappa shape index (κ3) is 3.98. The van der Waals surface area contributed by atoms with Crippen LogP contribution in [-0.2, 0) is 19.1 Å². The second-order valence-corrected chi connectivity index (χ2v) is 4.41. The predicted molar refractivity (Wildman–Crippen MR) is 67.1 cm³/mol. The molecule has 0 radical (unpaired) electrons. The molecular formula is C13H23NO4. The van der Waals surface area contributed by atoms with Gasteiger partial charge in [-0.3, -0.25) is 14.5 Å². The zero-order chi connectivity index (χ0) is 13.5. The van der Waals surface area contributed by atoms with Crippen LogP contribution in [0.15, 0.2) is 0 Å². The standard InChI is InChI=1S/C13H23NO4/c1-4-7-8-18-13(16)11-9-14(11)10(5-2)12(15)17-6-3/h10-11H,4-9H2,1-3H3. The first kappa shape index (κ1) is 15.0. The number of nitrogens with zero attached hydrogens (tertiary/aromatic N) is 1. The van der Waals surface area contributed by atoms with Gasteiger partial charge in [0.1, 0.15) is 12.1 Å². The van der Waals surface area contributed by atoms with Crippen molar-refractivity contribution in [3.63, 3.8) is 0 Å². The lowest BCUT2D eigenvalue weighted by atomic mass is 10.2. The molecule has 104 valence electrons. The van der Waals surface area contributed by atoms with E-state index in [1.165, 1.54) is 0 Å². The highest BCUT2D eigenvalue weighted by atomic mass is 16.5. The Kier molecular flexibility index (Phi) is 6.12. The molecule has 1 aliphatic heterocycles. The topological polar surface area (TPSA) is 55.6 Å². The van der Waals surface area contributed by atoms with E-state index in [2.05, 4.69) is 0 Å². The first-order valence-corrected chi connectivity index (χ1v) is 6.74. The van der Waals surface area contributed by atoms with E-state index in [-0.39, 0.29) is 24.0 Å². The van der Waals surface area contributed by atoms with Crippen LogP contribution in [-0.4, -0.2) is 48.7 Å². The maximum atomic E-state index is 11.7. The number of carbonyl (C=O) groups excluding carboxylic acids is 2. The van der Waals surface area contributed by atoms with Crippen molar-refractivity contribution < 1.29 is 19.1 Å². The molecule has 0 aromatic heterocycles. The molecule has 0 bridgehead atoms. The molecule has 1 fully saturated rings. The van der Waals surface area contributed by atoms with Crippen LogP contribution in [0.25, 0.3) is 0 Å². The number of ether oxygens (including phenoxy) is 2.